The summed E-state index contributed by atoms with van der Waals surface area (Å²) in [6, 6.07) is 15.7. The molecule has 4 rings (SSSR count). The number of amides is 1. The fourth-order valence-electron chi connectivity index (χ4n) is 3.28. The lowest BCUT2D eigenvalue weighted by Crippen LogP contribution is -2.26. The van der Waals surface area contributed by atoms with E-state index in [4.69, 9.17) is 4.42 Å². The number of hydrogen-bond donors (Lipinski definition) is 1. The lowest BCUT2D eigenvalue weighted by atomic mass is 10.1. The number of carbonyl (C=O) groups is 1. The van der Waals surface area contributed by atoms with Crippen LogP contribution in [0.25, 0.3) is 11.0 Å². The topological polar surface area (TPSA) is 42.2 Å². The van der Waals surface area contributed by atoms with Crippen molar-refractivity contribution in [3.8, 4) is 0 Å². The minimum Gasteiger partial charge on any atom is -0.459 e. The lowest BCUT2D eigenvalue weighted by molar-refractivity contribution is 0.0935. The Balaban J connectivity index is 1.53. The van der Waals surface area contributed by atoms with Crippen molar-refractivity contribution in [2.75, 3.05) is 0 Å². The van der Waals surface area contributed by atoms with Crippen molar-refractivity contribution in [3.05, 3.63) is 71.0 Å². The van der Waals surface area contributed by atoms with Gasteiger partial charge in [0.2, 0.25) is 0 Å². The maximum absolute atomic E-state index is 12.5. The molecule has 3 aromatic rings. The van der Waals surface area contributed by atoms with E-state index < -0.39 is 0 Å². The van der Waals surface area contributed by atoms with Crippen molar-refractivity contribution >= 4 is 16.9 Å². The molecule has 0 bridgehead atoms. The number of benzene rings is 2. The van der Waals surface area contributed by atoms with Gasteiger partial charge in [-0.1, -0.05) is 24.3 Å². The van der Waals surface area contributed by atoms with Crippen LogP contribution in [0.3, 0.4) is 0 Å². The molecule has 1 N–H and O–H groups in total. The van der Waals surface area contributed by atoms with E-state index in [9.17, 15) is 4.79 Å². The number of rotatable bonds is 3. The number of hydrogen-bond acceptors (Lipinski definition) is 2. The molecule has 0 aliphatic heterocycles. The van der Waals surface area contributed by atoms with Crippen LogP contribution in [-0.2, 0) is 12.8 Å². The second-order valence-electron chi connectivity index (χ2n) is 6.22. The van der Waals surface area contributed by atoms with E-state index in [1.165, 1.54) is 17.5 Å². The van der Waals surface area contributed by atoms with Gasteiger partial charge in [-0.2, -0.15) is 0 Å². The fourth-order valence-corrected chi connectivity index (χ4v) is 3.28. The van der Waals surface area contributed by atoms with Crippen molar-refractivity contribution < 1.29 is 9.21 Å². The molecular weight excluding hydrogens is 286 g/mol. The van der Waals surface area contributed by atoms with Gasteiger partial charge >= 0.3 is 0 Å². The number of aryl methyl sites for hydroxylation is 2. The van der Waals surface area contributed by atoms with Gasteiger partial charge in [-0.3, -0.25) is 4.79 Å². The molecule has 0 saturated carbocycles. The van der Waals surface area contributed by atoms with Crippen molar-refractivity contribution in [2.45, 2.75) is 32.2 Å². The highest BCUT2D eigenvalue weighted by molar-refractivity contribution is 5.94. The molecule has 0 fully saturated rings. The van der Waals surface area contributed by atoms with Crippen LogP contribution in [-0.4, -0.2) is 5.91 Å². The number of carbonyl (C=O) groups excluding carboxylic acids is 1. The molecule has 3 heteroatoms. The van der Waals surface area contributed by atoms with E-state index in [2.05, 4.69) is 11.4 Å². The predicted octanol–water partition coefficient (Wildman–Crippen LogP) is 4.41. The van der Waals surface area contributed by atoms with Crippen LogP contribution in [0.15, 0.2) is 52.9 Å². The van der Waals surface area contributed by atoms with Crippen LogP contribution in [0.4, 0.5) is 0 Å². The zero-order valence-corrected chi connectivity index (χ0v) is 13.1. The first-order chi connectivity index (χ1) is 11.2. The van der Waals surface area contributed by atoms with E-state index in [1.807, 2.05) is 49.4 Å². The van der Waals surface area contributed by atoms with Gasteiger partial charge in [-0.15, -0.1) is 0 Å². The molecule has 0 radical (unpaired) electrons. The average Bonchev–Trinajstić information content (AvgIpc) is 3.20. The highest BCUT2D eigenvalue weighted by Gasteiger charge is 2.17. The predicted molar refractivity (Wildman–Crippen MR) is 90.6 cm³/mol. The smallest absolute Gasteiger partial charge is 0.251 e. The largest absolute Gasteiger partial charge is 0.459 e. The first-order valence-electron chi connectivity index (χ1n) is 8.12. The van der Waals surface area contributed by atoms with Gasteiger partial charge in [0, 0.05) is 10.9 Å². The van der Waals surface area contributed by atoms with Crippen LogP contribution in [0.2, 0.25) is 0 Å². The highest BCUT2D eigenvalue weighted by atomic mass is 16.3. The molecule has 23 heavy (non-hydrogen) atoms. The summed E-state index contributed by atoms with van der Waals surface area (Å²) in [6.45, 7) is 1.95. The Kier molecular flexibility index (Phi) is 3.41. The summed E-state index contributed by atoms with van der Waals surface area (Å²) in [5, 5.41) is 4.09. The molecule has 0 saturated heterocycles. The Labute approximate surface area is 135 Å². The first-order valence-corrected chi connectivity index (χ1v) is 8.12. The third kappa shape index (κ3) is 2.63. The minimum atomic E-state index is -0.164. The summed E-state index contributed by atoms with van der Waals surface area (Å²) in [5.74, 6) is 0.730. The number of fused-ring (bicyclic) bond motifs is 2. The summed E-state index contributed by atoms with van der Waals surface area (Å²) in [6.07, 6.45) is 3.40. The lowest BCUT2D eigenvalue weighted by Gasteiger charge is -2.12. The number of furan rings is 1. The Morgan fingerprint density at radius 2 is 1.91 bits per heavy atom. The quantitative estimate of drug-likeness (QED) is 0.778. The normalized spacial score (nSPS) is 14.7. The summed E-state index contributed by atoms with van der Waals surface area (Å²) in [4.78, 5) is 12.5. The van der Waals surface area contributed by atoms with Crippen LogP contribution in [0, 0.1) is 0 Å². The third-order valence-electron chi connectivity index (χ3n) is 4.58. The van der Waals surface area contributed by atoms with Crippen molar-refractivity contribution in [3.63, 3.8) is 0 Å². The molecule has 0 spiro atoms. The molecule has 116 valence electrons. The zero-order chi connectivity index (χ0) is 15.8. The Hall–Kier alpha value is -2.55. The molecule has 1 aromatic heterocycles. The summed E-state index contributed by atoms with van der Waals surface area (Å²) in [5.41, 5.74) is 4.27. The molecule has 1 atom stereocenters. The molecule has 3 nitrogen and oxygen atoms in total. The van der Waals surface area contributed by atoms with Crippen LogP contribution in [0.1, 0.15) is 46.6 Å². The standard InChI is InChI=1S/C20H19NO2/c1-13(19-12-16-5-2-3-8-18(16)23-19)21-20(22)17-10-9-14-6-4-7-15(14)11-17/h2-3,5,8-13H,4,6-7H2,1H3,(H,21,22)/t13-/m1/s1. The fraction of sp³-hybridized carbons (Fsp3) is 0.250. The molecule has 2 aromatic carbocycles. The Morgan fingerprint density at radius 1 is 1.09 bits per heavy atom. The maximum atomic E-state index is 12.5. The SMILES string of the molecule is C[C@@H](NC(=O)c1ccc2c(c1)CCC2)c1cc2ccccc2o1. The van der Waals surface area contributed by atoms with Crippen LogP contribution in [0.5, 0.6) is 0 Å². The van der Waals surface area contributed by atoms with Gasteiger partial charge in [0.25, 0.3) is 5.91 Å². The molecule has 1 aliphatic rings. The Bertz CT molecular complexity index is 845. The van der Waals surface area contributed by atoms with E-state index >= 15 is 0 Å². The van der Waals surface area contributed by atoms with E-state index in [0.29, 0.717) is 0 Å². The molecule has 1 heterocycles. The zero-order valence-electron chi connectivity index (χ0n) is 13.1. The van der Waals surface area contributed by atoms with Gasteiger partial charge in [0.05, 0.1) is 6.04 Å². The molecule has 0 unspecified atom stereocenters. The van der Waals surface area contributed by atoms with Crippen molar-refractivity contribution in [1.29, 1.82) is 0 Å². The van der Waals surface area contributed by atoms with Gasteiger partial charge in [-0.25, -0.2) is 0 Å². The van der Waals surface area contributed by atoms with E-state index in [-0.39, 0.29) is 11.9 Å². The van der Waals surface area contributed by atoms with Gasteiger partial charge < -0.3 is 9.73 Å². The molecular formula is C20H19NO2. The second-order valence-corrected chi connectivity index (χ2v) is 6.22. The first kappa shape index (κ1) is 14.1. The second kappa shape index (κ2) is 5.58. The van der Waals surface area contributed by atoms with Crippen LogP contribution >= 0.6 is 0 Å². The van der Waals surface area contributed by atoms with Gasteiger partial charge in [0.1, 0.15) is 11.3 Å². The molecule has 1 amide bonds. The summed E-state index contributed by atoms with van der Waals surface area (Å²) < 4.78 is 5.83. The highest BCUT2D eigenvalue weighted by Crippen LogP contribution is 2.25. The molecule has 1 aliphatic carbocycles. The monoisotopic (exact) mass is 305 g/mol. The summed E-state index contributed by atoms with van der Waals surface area (Å²) >= 11 is 0. The van der Waals surface area contributed by atoms with Gasteiger partial charge in [-0.05, 0) is 61.6 Å². The summed E-state index contributed by atoms with van der Waals surface area (Å²) in [7, 11) is 0. The van der Waals surface area contributed by atoms with E-state index in [1.54, 1.807) is 0 Å². The number of para-hydroxylation sites is 1. The van der Waals surface area contributed by atoms with Crippen molar-refractivity contribution in [2.24, 2.45) is 0 Å². The maximum Gasteiger partial charge on any atom is 0.251 e. The third-order valence-corrected chi connectivity index (χ3v) is 4.58. The average molecular weight is 305 g/mol. The Morgan fingerprint density at radius 3 is 2.78 bits per heavy atom. The minimum absolute atomic E-state index is 0.0485. The van der Waals surface area contributed by atoms with Crippen LogP contribution < -0.4 is 5.32 Å². The van der Waals surface area contributed by atoms with E-state index in [0.717, 1.165) is 35.1 Å². The van der Waals surface area contributed by atoms with Crippen molar-refractivity contribution in [1.82, 2.24) is 5.32 Å². The van der Waals surface area contributed by atoms with Gasteiger partial charge in [0.15, 0.2) is 0 Å². The number of nitrogens with one attached hydrogen (secondary N) is 1.